The predicted octanol–water partition coefficient (Wildman–Crippen LogP) is 1.13. The zero-order chi connectivity index (χ0) is 15.2. The molecule has 0 spiro atoms. The highest BCUT2D eigenvalue weighted by atomic mass is 79.9. The fourth-order valence-electron chi connectivity index (χ4n) is 1.81. The monoisotopic (exact) mass is 351 g/mol. The molecule has 1 saturated heterocycles. The Kier molecular flexibility index (Phi) is 5.10. The number of hydrogen-bond donors (Lipinski definition) is 2. The van der Waals surface area contributed by atoms with Crippen molar-refractivity contribution in [3.63, 3.8) is 0 Å². The van der Waals surface area contributed by atoms with E-state index < -0.39 is 6.03 Å². The van der Waals surface area contributed by atoms with Crippen LogP contribution < -0.4 is 10.6 Å². The summed E-state index contributed by atoms with van der Waals surface area (Å²) in [4.78, 5) is 35.3. The van der Waals surface area contributed by atoms with Crippen molar-refractivity contribution in [2.45, 2.75) is 0 Å². The van der Waals surface area contributed by atoms with Gasteiger partial charge < -0.3 is 10.6 Å². The van der Waals surface area contributed by atoms with Crippen molar-refractivity contribution < 1.29 is 14.4 Å². The Hall–Kier alpha value is -2.15. The lowest BCUT2D eigenvalue weighted by Crippen LogP contribution is -2.38. The topological polar surface area (TPSA) is 78.5 Å². The van der Waals surface area contributed by atoms with Gasteiger partial charge in [-0.25, -0.2) is 4.79 Å². The number of nitrogens with one attached hydrogen (secondary N) is 2. The van der Waals surface area contributed by atoms with Gasteiger partial charge in [-0.1, -0.05) is 34.1 Å². The molecule has 1 heterocycles. The number of urea groups is 1. The van der Waals surface area contributed by atoms with E-state index in [-0.39, 0.29) is 31.4 Å². The third kappa shape index (κ3) is 4.16. The van der Waals surface area contributed by atoms with Crippen LogP contribution in [0, 0.1) is 0 Å². The number of nitrogens with zero attached hydrogens (tertiary/aromatic N) is 1. The third-order valence-corrected chi connectivity index (χ3v) is 3.61. The maximum Gasteiger partial charge on any atom is 0.324 e. The molecule has 0 bridgehead atoms. The smallest absolute Gasteiger partial charge is 0.324 e. The first-order valence-electron chi connectivity index (χ1n) is 6.36. The van der Waals surface area contributed by atoms with Gasteiger partial charge in [0.05, 0.1) is 6.54 Å². The first-order chi connectivity index (χ1) is 10.1. The van der Waals surface area contributed by atoms with Gasteiger partial charge in [0.25, 0.3) is 0 Å². The molecule has 0 radical (unpaired) electrons. The van der Waals surface area contributed by atoms with Gasteiger partial charge in [-0.3, -0.25) is 14.5 Å². The van der Waals surface area contributed by atoms with Gasteiger partial charge in [0.15, 0.2) is 0 Å². The van der Waals surface area contributed by atoms with Crippen LogP contribution in [-0.4, -0.2) is 42.4 Å². The maximum atomic E-state index is 11.6. The number of benzene rings is 1. The molecule has 1 aliphatic heterocycles. The molecule has 2 N–H and O–H groups in total. The predicted molar refractivity (Wildman–Crippen MR) is 81.3 cm³/mol. The standard InChI is InChI=1S/C14H14BrN3O3/c15-11-4-2-1-3-10(11)5-6-12(19)16-7-8-18-13(20)9-17-14(18)21/h1-6H,7-9H2,(H,16,19)(H,17,21). The summed E-state index contributed by atoms with van der Waals surface area (Å²) >= 11 is 3.39. The van der Waals surface area contributed by atoms with E-state index in [0.717, 1.165) is 14.9 Å². The molecule has 1 aromatic carbocycles. The van der Waals surface area contributed by atoms with E-state index in [0.29, 0.717) is 0 Å². The molecular formula is C14H14BrN3O3. The largest absolute Gasteiger partial charge is 0.351 e. The first-order valence-corrected chi connectivity index (χ1v) is 7.16. The minimum absolute atomic E-state index is 0.0225. The van der Waals surface area contributed by atoms with Crippen LogP contribution in [0.3, 0.4) is 0 Å². The van der Waals surface area contributed by atoms with Crippen LogP contribution in [0.1, 0.15) is 5.56 Å². The van der Waals surface area contributed by atoms with Crippen LogP contribution in [-0.2, 0) is 9.59 Å². The van der Waals surface area contributed by atoms with E-state index in [1.807, 2.05) is 24.3 Å². The minimum Gasteiger partial charge on any atom is -0.351 e. The van der Waals surface area contributed by atoms with Crippen LogP contribution in [0.5, 0.6) is 0 Å². The third-order valence-electron chi connectivity index (χ3n) is 2.89. The molecule has 4 amide bonds. The highest BCUT2D eigenvalue weighted by molar-refractivity contribution is 9.10. The molecule has 0 atom stereocenters. The summed E-state index contributed by atoms with van der Waals surface area (Å²) in [5.41, 5.74) is 0.891. The summed E-state index contributed by atoms with van der Waals surface area (Å²) in [6, 6.07) is 7.11. The average Bonchev–Trinajstić information content (AvgIpc) is 2.78. The van der Waals surface area contributed by atoms with Crippen LogP contribution >= 0.6 is 15.9 Å². The Bertz CT molecular complexity index is 585. The lowest BCUT2D eigenvalue weighted by Gasteiger charge is -2.11. The van der Waals surface area contributed by atoms with E-state index in [9.17, 15) is 14.4 Å². The summed E-state index contributed by atoms with van der Waals surface area (Å²) in [7, 11) is 0. The Balaban J connectivity index is 1.79. The van der Waals surface area contributed by atoms with E-state index in [1.54, 1.807) is 6.08 Å². The second-order valence-electron chi connectivity index (χ2n) is 4.35. The van der Waals surface area contributed by atoms with Gasteiger partial charge >= 0.3 is 6.03 Å². The molecule has 2 rings (SSSR count). The van der Waals surface area contributed by atoms with E-state index in [4.69, 9.17) is 0 Å². The number of amides is 4. The lowest BCUT2D eigenvalue weighted by atomic mass is 10.2. The summed E-state index contributed by atoms with van der Waals surface area (Å²) in [5.74, 6) is -0.559. The molecule has 7 heteroatoms. The number of imide groups is 1. The molecule has 21 heavy (non-hydrogen) atoms. The van der Waals surface area contributed by atoms with Crippen LogP contribution in [0.2, 0.25) is 0 Å². The Labute approximate surface area is 130 Å². The molecular weight excluding hydrogens is 338 g/mol. The molecule has 110 valence electrons. The van der Waals surface area contributed by atoms with Crippen molar-refractivity contribution in [2.24, 2.45) is 0 Å². The molecule has 0 unspecified atom stereocenters. The zero-order valence-electron chi connectivity index (χ0n) is 11.1. The van der Waals surface area contributed by atoms with Gasteiger partial charge in [0.1, 0.15) is 0 Å². The van der Waals surface area contributed by atoms with Gasteiger partial charge in [-0.2, -0.15) is 0 Å². The molecule has 1 aromatic rings. The zero-order valence-corrected chi connectivity index (χ0v) is 12.7. The fraction of sp³-hybridized carbons (Fsp3) is 0.214. The minimum atomic E-state index is -0.419. The quantitative estimate of drug-likeness (QED) is 0.616. The van der Waals surface area contributed by atoms with Crippen molar-refractivity contribution >= 4 is 39.9 Å². The SMILES string of the molecule is O=C(C=Cc1ccccc1Br)NCCN1C(=O)CNC1=O. The fourth-order valence-corrected chi connectivity index (χ4v) is 2.22. The van der Waals surface area contributed by atoms with E-state index in [2.05, 4.69) is 26.6 Å². The summed E-state index contributed by atoms with van der Waals surface area (Å²) < 4.78 is 0.897. The van der Waals surface area contributed by atoms with E-state index in [1.165, 1.54) is 6.08 Å². The van der Waals surface area contributed by atoms with Crippen molar-refractivity contribution in [2.75, 3.05) is 19.6 Å². The highest BCUT2D eigenvalue weighted by Crippen LogP contribution is 2.16. The van der Waals surface area contributed by atoms with Crippen molar-refractivity contribution in [1.29, 1.82) is 0 Å². The number of carbonyl (C=O) groups is 3. The normalized spacial score (nSPS) is 14.6. The number of carbonyl (C=O) groups excluding carboxylic acids is 3. The van der Waals surface area contributed by atoms with Gasteiger partial charge in [0.2, 0.25) is 11.8 Å². The molecule has 0 aliphatic carbocycles. The average molecular weight is 352 g/mol. The van der Waals surface area contributed by atoms with Crippen molar-refractivity contribution in [3.05, 3.63) is 40.4 Å². The molecule has 0 saturated carbocycles. The number of rotatable bonds is 5. The van der Waals surface area contributed by atoms with Gasteiger partial charge in [0, 0.05) is 23.6 Å². The van der Waals surface area contributed by atoms with Crippen molar-refractivity contribution in [3.8, 4) is 0 Å². The molecule has 0 aromatic heterocycles. The lowest BCUT2D eigenvalue weighted by molar-refractivity contribution is -0.125. The Morgan fingerprint density at radius 1 is 1.38 bits per heavy atom. The second kappa shape index (κ2) is 7.03. The van der Waals surface area contributed by atoms with Crippen molar-refractivity contribution in [1.82, 2.24) is 15.5 Å². The number of hydrogen-bond acceptors (Lipinski definition) is 3. The van der Waals surface area contributed by atoms with Gasteiger partial charge in [-0.05, 0) is 17.7 Å². The number of halogens is 1. The van der Waals surface area contributed by atoms with Crippen LogP contribution in [0.25, 0.3) is 6.08 Å². The van der Waals surface area contributed by atoms with Crippen LogP contribution in [0.15, 0.2) is 34.8 Å². The Morgan fingerprint density at radius 3 is 2.81 bits per heavy atom. The summed E-state index contributed by atoms with van der Waals surface area (Å²) in [6.07, 6.45) is 3.10. The Morgan fingerprint density at radius 2 is 2.14 bits per heavy atom. The van der Waals surface area contributed by atoms with E-state index >= 15 is 0 Å². The summed E-state index contributed by atoms with van der Waals surface area (Å²) in [6.45, 7) is 0.409. The molecule has 1 fully saturated rings. The first kappa shape index (κ1) is 15.2. The second-order valence-corrected chi connectivity index (χ2v) is 5.20. The van der Waals surface area contributed by atoms with Crippen LogP contribution in [0.4, 0.5) is 4.79 Å². The maximum absolute atomic E-state index is 11.6. The molecule has 1 aliphatic rings. The highest BCUT2D eigenvalue weighted by Gasteiger charge is 2.27. The molecule has 6 nitrogen and oxygen atoms in total. The summed E-state index contributed by atoms with van der Waals surface area (Å²) in [5, 5.41) is 5.04. The van der Waals surface area contributed by atoms with Gasteiger partial charge in [-0.15, -0.1) is 0 Å².